The number of carbonyl (C=O) groups excluding carboxylic acids is 1. The van der Waals surface area contributed by atoms with Gasteiger partial charge in [-0.1, -0.05) is 50.2 Å². The van der Waals surface area contributed by atoms with Crippen LogP contribution in [0.3, 0.4) is 0 Å². The summed E-state index contributed by atoms with van der Waals surface area (Å²) in [5, 5.41) is 0.873. The number of rotatable bonds is 7. The normalized spacial score (nSPS) is 14.3. The molecule has 1 aliphatic rings. The lowest BCUT2D eigenvalue weighted by Crippen LogP contribution is -2.30. The highest BCUT2D eigenvalue weighted by molar-refractivity contribution is 6.19. The summed E-state index contributed by atoms with van der Waals surface area (Å²) in [4.78, 5) is 15.9. The Morgan fingerprint density at radius 2 is 1.68 bits per heavy atom. The molecule has 4 nitrogen and oxygen atoms in total. The molecular weight excluding hydrogens is 422 g/mol. The molecule has 0 unspecified atom stereocenters. The molecular formula is C30H31NO3. The van der Waals surface area contributed by atoms with Gasteiger partial charge >= 0.3 is 0 Å². The van der Waals surface area contributed by atoms with Crippen molar-refractivity contribution in [3.05, 3.63) is 89.2 Å². The predicted octanol–water partition coefficient (Wildman–Crippen LogP) is 6.69. The highest BCUT2D eigenvalue weighted by Crippen LogP contribution is 2.46. The van der Waals surface area contributed by atoms with E-state index in [1.165, 1.54) is 0 Å². The smallest absolute Gasteiger partial charge is 0.197 e. The molecule has 0 saturated carbocycles. The number of ketones is 1. The highest BCUT2D eigenvalue weighted by atomic mass is 16.5. The number of carbonyl (C=O) groups is 1. The molecule has 0 aliphatic heterocycles. The fourth-order valence-corrected chi connectivity index (χ4v) is 4.99. The first kappa shape index (κ1) is 22.4. The Morgan fingerprint density at radius 1 is 0.912 bits per heavy atom. The van der Waals surface area contributed by atoms with E-state index in [0.717, 1.165) is 64.4 Å². The molecule has 0 radical (unpaired) electrons. The minimum atomic E-state index is -0.456. The standard InChI is InChI=1S/C30H31NO3/c1-5-31(6-2)16-17-33-22-13-15-23-25(19-22)30(3,4)29-27(28(23)32)24-14-12-21(18-26(24)34-29)20-10-8-7-9-11-20/h7-15,18-19H,5-6,16-17H2,1-4H3. The monoisotopic (exact) mass is 453 g/mol. The third kappa shape index (κ3) is 3.72. The van der Waals surface area contributed by atoms with Gasteiger partial charge in [-0.05, 0) is 74.0 Å². The maximum absolute atomic E-state index is 13.6. The number of nitrogens with zero attached hydrogens (tertiary/aromatic N) is 1. The van der Waals surface area contributed by atoms with E-state index in [2.05, 4.69) is 50.8 Å². The third-order valence-electron chi connectivity index (χ3n) is 7.07. The largest absolute Gasteiger partial charge is 0.492 e. The van der Waals surface area contributed by atoms with E-state index in [9.17, 15) is 4.79 Å². The summed E-state index contributed by atoms with van der Waals surface area (Å²) in [5.74, 6) is 1.54. The summed E-state index contributed by atoms with van der Waals surface area (Å²) >= 11 is 0. The van der Waals surface area contributed by atoms with Crippen molar-refractivity contribution in [2.45, 2.75) is 33.1 Å². The zero-order valence-electron chi connectivity index (χ0n) is 20.4. The third-order valence-corrected chi connectivity index (χ3v) is 7.07. The zero-order chi connectivity index (χ0) is 23.9. The Labute approximate surface area is 201 Å². The molecule has 0 fully saturated rings. The van der Waals surface area contributed by atoms with Crippen LogP contribution in [0.1, 0.15) is 54.9 Å². The molecule has 1 aromatic heterocycles. The van der Waals surface area contributed by atoms with Crippen molar-refractivity contribution in [1.82, 2.24) is 4.90 Å². The van der Waals surface area contributed by atoms with Gasteiger partial charge < -0.3 is 14.1 Å². The SMILES string of the molecule is CCN(CC)CCOc1ccc2c(c1)C(C)(C)c1oc3cc(-c4ccccc4)ccc3c1C2=O. The van der Waals surface area contributed by atoms with Crippen LogP contribution >= 0.6 is 0 Å². The van der Waals surface area contributed by atoms with E-state index < -0.39 is 5.41 Å². The predicted molar refractivity (Wildman–Crippen MR) is 137 cm³/mol. The zero-order valence-corrected chi connectivity index (χ0v) is 20.4. The first-order valence-corrected chi connectivity index (χ1v) is 12.1. The Hall–Kier alpha value is -3.37. The average Bonchev–Trinajstić information content (AvgIpc) is 3.26. The number of furan rings is 1. The lowest BCUT2D eigenvalue weighted by atomic mass is 9.71. The number of benzene rings is 3. The molecule has 4 aromatic rings. The van der Waals surface area contributed by atoms with Crippen LogP contribution in [-0.2, 0) is 5.41 Å². The summed E-state index contributed by atoms with van der Waals surface area (Å²) < 4.78 is 12.5. The van der Waals surface area contributed by atoms with E-state index >= 15 is 0 Å². The molecule has 0 spiro atoms. The van der Waals surface area contributed by atoms with Crippen LogP contribution in [0.25, 0.3) is 22.1 Å². The highest BCUT2D eigenvalue weighted by Gasteiger charge is 2.41. The lowest BCUT2D eigenvalue weighted by molar-refractivity contribution is 0.102. The second-order valence-corrected chi connectivity index (χ2v) is 9.42. The summed E-state index contributed by atoms with van der Waals surface area (Å²) in [6.07, 6.45) is 0. The average molecular weight is 454 g/mol. The van der Waals surface area contributed by atoms with Gasteiger partial charge in [-0.2, -0.15) is 0 Å². The van der Waals surface area contributed by atoms with Gasteiger partial charge in [0.1, 0.15) is 23.7 Å². The van der Waals surface area contributed by atoms with Gasteiger partial charge in [0.05, 0.1) is 5.56 Å². The van der Waals surface area contributed by atoms with Crippen molar-refractivity contribution < 1.29 is 13.9 Å². The van der Waals surface area contributed by atoms with E-state index in [1.807, 2.05) is 48.5 Å². The molecule has 1 heterocycles. The summed E-state index contributed by atoms with van der Waals surface area (Å²) in [6.45, 7) is 12.1. The van der Waals surface area contributed by atoms with E-state index in [1.54, 1.807) is 0 Å². The van der Waals surface area contributed by atoms with Crippen LogP contribution in [0, 0.1) is 0 Å². The first-order chi connectivity index (χ1) is 16.4. The van der Waals surface area contributed by atoms with Crippen LogP contribution in [0.2, 0.25) is 0 Å². The van der Waals surface area contributed by atoms with Gasteiger partial charge in [-0.3, -0.25) is 4.79 Å². The van der Waals surface area contributed by atoms with E-state index in [4.69, 9.17) is 9.15 Å². The number of likely N-dealkylation sites (N-methyl/N-ethyl adjacent to an activating group) is 1. The summed E-state index contributed by atoms with van der Waals surface area (Å²) in [7, 11) is 0. The molecule has 0 bridgehead atoms. The molecule has 0 amide bonds. The van der Waals surface area contributed by atoms with Crippen LogP contribution in [0.15, 0.2) is 71.1 Å². The number of hydrogen-bond donors (Lipinski definition) is 0. The Kier molecular flexibility index (Phi) is 5.78. The molecule has 0 N–H and O–H groups in total. The maximum Gasteiger partial charge on any atom is 0.197 e. The van der Waals surface area contributed by atoms with Crippen molar-refractivity contribution >= 4 is 16.8 Å². The first-order valence-electron chi connectivity index (χ1n) is 12.1. The molecule has 34 heavy (non-hydrogen) atoms. The lowest BCUT2D eigenvalue weighted by Gasteiger charge is -2.31. The van der Waals surface area contributed by atoms with Gasteiger partial charge in [-0.15, -0.1) is 0 Å². The quantitative estimate of drug-likeness (QED) is 0.313. The number of ether oxygens (including phenoxy) is 1. The molecule has 4 heteroatoms. The molecule has 174 valence electrons. The second-order valence-electron chi connectivity index (χ2n) is 9.42. The van der Waals surface area contributed by atoms with Crippen LogP contribution < -0.4 is 4.74 Å². The minimum absolute atomic E-state index is 0.0187. The topological polar surface area (TPSA) is 42.7 Å². The second kappa shape index (κ2) is 8.77. The number of fused-ring (bicyclic) bond motifs is 4. The Morgan fingerprint density at radius 3 is 2.41 bits per heavy atom. The van der Waals surface area contributed by atoms with Gasteiger partial charge in [0.2, 0.25) is 0 Å². The van der Waals surface area contributed by atoms with Crippen molar-refractivity contribution in [3.8, 4) is 16.9 Å². The number of hydrogen-bond acceptors (Lipinski definition) is 4. The van der Waals surface area contributed by atoms with Gasteiger partial charge in [0, 0.05) is 22.9 Å². The maximum atomic E-state index is 13.6. The fraction of sp³-hybridized carbons (Fsp3) is 0.300. The summed E-state index contributed by atoms with van der Waals surface area (Å²) in [6, 6.07) is 22.2. The molecule has 3 aromatic carbocycles. The Bertz CT molecular complexity index is 1350. The molecule has 1 aliphatic carbocycles. The molecule has 0 atom stereocenters. The molecule has 0 saturated heterocycles. The van der Waals surface area contributed by atoms with Gasteiger partial charge in [0.15, 0.2) is 5.78 Å². The van der Waals surface area contributed by atoms with E-state index in [-0.39, 0.29) is 5.78 Å². The molecule has 5 rings (SSSR count). The van der Waals surface area contributed by atoms with Crippen LogP contribution in [0.5, 0.6) is 5.75 Å². The van der Waals surface area contributed by atoms with Gasteiger partial charge in [0.25, 0.3) is 0 Å². The van der Waals surface area contributed by atoms with Crippen molar-refractivity contribution in [2.24, 2.45) is 0 Å². The summed E-state index contributed by atoms with van der Waals surface area (Å²) in [5.41, 5.74) is 4.85. The van der Waals surface area contributed by atoms with Crippen LogP contribution in [0.4, 0.5) is 0 Å². The van der Waals surface area contributed by atoms with E-state index in [0.29, 0.717) is 12.2 Å². The fourth-order valence-electron chi connectivity index (χ4n) is 4.99. The van der Waals surface area contributed by atoms with Crippen molar-refractivity contribution in [2.75, 3.05) is 26.2 Å². The van der Waals surface area contributed by atoms with Crippen molar-refractivity contribution in [3.63, 3.8) is 0 Å². The van der Waals surface area contributed by atoms with Crippen molar-refractivity contribution in [1.29, 1.82) is 0 Å². The van der Waals surface area contributed by atoms with Gasteiger partial charge in [-0.25, -0.2) is 0 Å². The Balaban J connectivity index is 1.51. The van der Waals surface area contributed by atoms with Crippen LogP contribution in [-0.4, -0.2) is 36.9 Å². The minimum Gasteiger partial charge on any atom is -0.492 e.